The number of aromatic nitrogens is 3. The molecule has 1 saturated heterocycles. The minimum absolute atomic E-state index is 0.119. The third-order valence-corrected chi connectivity index (χ3v) is 7.40. The maximum absolute atomic E-state index is 13.5. The number of ketones is 1. The molecule has 11 heteroatoms. The van der Waals surface area contributed by atoms with Crippen LogP contribution in [0.1, 0.15) is 45.3 Å². The number of pyridine rings is 1. The van der Waals surface area contributed by atoms with Crippen molar-refractivity contribution in [2.24, 2.45) is 0 Å². The first kappa shape index (κ1) is 24.7. The first-order chi connectivity index (χ1) is 17.7. The highest BCUT2D eigenvalue weighted by Crippen LogP contribution is 2.44. The summed E-state index contributed by atoms with van der Waals surface area (Å²) >= 11 is 7.05. The predicted octanol–water partition coefficient (Wildman–Crippen LogP) is 4.86. The van der Waals surface area contributed by atoms with E-state index in [0.29, 0.717) is 33.3 Å². The number of carbonyl (C=O) groups excluding carboxylic acids is 3. The number of ether oxygens (including phenoxy) is 1. The molecule has 0 spiro atoms. The molecule has 4 heterocycles. The Kier molecular flexibility index (Phi) is 6.30. The number of anilines is 1. The van der Waals surface area contributed by atoms with Crippen molar-refractivity contribution in [3.05, 3.63) is 86.8 Å². The summed E-state index contributed by atoms with van der Waals surface area (Å²) in [5, 5.41) is 12.1. The Morgan fingerprint density at radius 3 is 2.54 bits per heavy atom. The number of fused-ring (bicyclic) bond motifs is 1. The number of Topliss-reactive ketones (excluding diaryl/α,β-unsaturated/α-hetero) is 1. The molecule has 0 bridgehead atoms. The third kappa shape index (κ3) is 4.08. The van der Waals surface area contributed by atoms with Crippen LogP contribution in [-0.4, -0.2) is 43.7 Å². The molecule has 1 amide bonds. The summed E-state index contributed by atoms with van der Waals surface area (Å²) in [5.74, 6) is -2.69. The number of thiazole rings is 1. The number of benzene rings is 1. The molecular formula is C26H21ClN4O5S. The van der Waals surface area contributed by atoms with Gasteiger partial charge in [-0.15, -0.1) is 0 Å². The van der Waals surface area contributed by atoms with Gasteiger partial charge in [0, 0.05) is 11.2 Å². The monoisotopic (exact) mass is 536 g/mol. The molecule has 5 rings (SSSR count). The SMILES string of the molecule is CCOC(=O)c1sc(N2C(=O)C(=O)/C(=C(/O)c3c(C)nc4ccccn34)C2c2ccc(Cl)cc2)nc1C. The predicted molar refractivity (Wildman–Crippen MR) is 139 cm³/mol. The smallest absolute Gasteiger partial charge is 0.350 e. The minimum Gasteiger partial charge on any atom is -0.505 e. The molecule has 0 radical (unpaired) electrons. The zero-order valence-electron chi connectivity index (χ0n) is 20.1. The zero-order valence-corrected chi connectivity index (χ0v) is 21.6. The minimum atomic E-state index is -1.02. The maximum atomic E-state index is 13.5. The summed E-state index contributed by atoms with van der Waals surface area (Å²) in [6.45, 7) is 5.21. The van der Waals surface area contributed by atoms with Crippen LogP contribution in [-0.2, 0) is 14.3 Å². The lowest BCUT2D eigenvalue weighted by Crippen LogP contribution is -2.29. The van der Waals surface area contributed by atoms with Gasteiger partial charge >= 0.3 is 11.9 Å². The molecule has 3 aromatic heterocycles. The van der Waals surface area contributed by atoms with Crippen LogP contribution in [0.4, 0.5) is 5.13 Å². The summed E-state index contributed by atoms with van der Waals surface area (Å²) in [5.41, 5.74) is 2.14. The van der Waals surface area contributed by atoms with Crippen molar-refractivity contribution in [1.82, 2.24) is 14.4 Å². The van der Waals surface area contributed by atoms with Gasteiger partial charge in [0.25, 0.3) is 5.78 Å². The molecule has 37 heavy (non-hydrogen) atoms. The van der Waals surface area contributed by atoms with Crippen LogP contribution in [0.3, 0.4) is 0 Å². The normalized spacial score (nSPS) is 17.1. The van der Waals surface area contributed by atoms with Gasteiger partial charge < -0.3 is 9.84 Å². The quantitative estimate of drug-likeness (QED) is 0.167. The molecule has 1 atom stereocenters. The van der Waals surface area contributed by atoms with E-state index in [1.807, 2.05) is 6.07 Å². The van der Waals surface area contributed by atoms with Crippen molar-refractivity contribution in [3.8, 4) is 0 Å². The van der Waals surface area contributed by atoms with E-state index in [-0.39, 0.29) is 27.9 Å². The van der Waals surface area contributed by atoms with E-state index in [2.05, 4.69) is 9.97 Å². The van der Waals surface area contributed by atoms with Gasteiger partial charge in [-0.3, -0.25) is 18.9 Å². The first-order valence-electron chi connectivity index (χ1n) is 11.4. The number of nitrogens with zero attached hydrogens (tertiary/aromatic N) is 4. The van der Waals surface area contributed by atoms with Crippen molar-refractivity contribution < 1.29 is 24.2 Å². The number of esters is 1. The van der Waals surface area contributed by atoms with Crippen molar-refractivity contribution in [2.45, 2.75) is 26.8 Å². The molecule has 0 saturated carbocycles. The fourth-order valence-electron chi connectivity index (χ4n) is 4.39. The molecule has 1 aliphatic heterocycles. The fraction of sp³-hybridized carbons (Fsp3) is 0.192. The molecule has 1 fully saturated rings. The highest BCUT2D eigenvalue weighted by molar-refractivity contribution is 7.17. The lowest BCUT2D eigenvalue weighted by Gasteiger charge is -2.23. The van der Waals surface area contributed by atoms with Gasteiger partial charge in [-0.2, -0.15) is 0 Å². The standard InChI is InChI=1S/C26H21ClN4O5S/c1-4-36-25(35)23-14(3)29-26(37-23)31-20(15-8-10-16(27)11-9-15)18(22(33)24(31)34)21(32)19-13(2)28-17-7-5-6-12-30(17)19/h5-12,20,32H,4H2,1-3H3/b21-18+. The van der Waals surface area contributed by atoms with Gasteiger partial charge in [-0.25, -0.2) is 14.8 Å². The Morgan fingerprint density at radius 1 is 1.11 bits per heavy atom. The van der Waals surface area contributed by atoms with Crippen molar-refractivity contribution in [3.63, 3.8) is 0 Å². The van der Waals surface area contributed by atoms with E-state index >= 15 is 0 Å². The molecule has 1 N–H and O–H groups in total. The van der Waals surface area contributed by atoms with Crippen molar-refractivity contribution >= 4 is 57.1 Å². The fourth-order valence-corrected chi connectivity index (χ4v) is 5.50. The van der Waals surface area contributed by atoms with E-state index in [1.54, 1.807) is 67.8 Å². The molecule has 9 nitrogen and oxygen atoms in total. The number of imidazole rings is 1. The Labute approximate surface area is 220 Å². The van der Waals surface area contributed by atoms with E-state index in [0.717, 1.165) is 11.3 Å². The number of aliphatic hydroxyl groups is 1. The first-order valence-corrected chi connectivity index (χ1v) is 12.6. The summed E-state index contributed by atoms with van der Waals surface area (Å²) in [7, 11) is 0. The van der Waals surface area contributed by atoms with Crippen LogP contribution in [0, 0.1) is 13.8 Å². The highest BCUT2D eigenvalue weighted by atomic mass is 35.5. The Balaban J connectivity index is 1.74. The Bertz CT molecular complexity index is 1600. The topological polar surface area (TPSA) is 114 Å². The van der Waals surface area contributed by atoms with Crippen LogP contribution in [0.5, 0.6) is 0 Å². The van der Waals surface area contributed by atoms with Crippen LogP contribution < -0.4 is 4.90 Å². The number of halogens is 1. The van der Waals surface area contributed by atoms with Crippen LogP contribution in [0.25, 0.3) is 11.4 Å². The van der Waals surface area contributed by atoms with E-state index in [9.17, 15) is 19.5 Å². The number of aryl methyl sites for hydroxylation is 2. The Hall–Kier alpha value is -4.02. The molecule has 4 aromatic rings. The number of aliphatic hydroxyl groups excluding tert-OH is 1. The average molecular weight is 537 g/mol. The molecule has 1 aromatic carbocycles. The third-order valence-electron chi connectivity index (χ3n) is 6.01. The zero-order chi connectivity index (χ0) is 26.4. The molecule has 188 valence electrons. The van der Waals surface area contributed by atoms with Gasteiger partial charge in [-0.05, 0) is 50.6 Å². The maximum Gasteiger partial charge on any atom is 0.350 e. The van der Waals surface area contributed by atoms with Gasteiger partial charge in [0.15, 0.2) is 10.9 Å². The van der Waals surface area contributed by atoms with Crippen LogP contribution in [0.15, 0.2) is 54.2 Å². The second-order valence-corrected chi connectivity index (χ2v) is 9.74. The van der Waals surface area contributed by atoms with E-state index < -0.39 is 23.7 Å². The largest absolute Gasteiger partial charge is 0.505 e. The summed E-state index contributed by atoms with van der Waals surface area (Å²) < 4.78 is 6.76. The van der Waals surface area contributed by atoms with Crippen LogP contribution in [0.2, 0.25) is 5.02 Å². The second-order valence-electron chi connectivity index (χ2n) is 8.33. The number of hydrogen-bond acceptors (Lipinski definition) is 8. The van der Waals surface area contributed by atoms with Crippen molar-refractivity contribution in [2.75, 3.05) is 11.5 Å². The van der Waals surface area contributed by atoms with Gasteiger partial charge in [0.05, 0.1) is 29.6 Å². The number of carbonyl (C=O) groups is 3. The van der Waals surface area contributed by atoms with Crippen molar-refractivity contribution in [1.29, 1.82) is 0 Å². The molecular weight excluding hydrogens is 516 g/mol. The highest BCUT2D eigenvalue weighted by Gasteiger charge is 2.49. The van der Waals surface area contributed by atoms with E-state index in [4.69, 9.17) is 16.3 Å². The summed E-state index contributed by atoms with van der Waals surface area (Å²) in [6.07, 6.45) is 1.72. The summed E-state index contributed by atoms with van der Waals surface area (Å²) in [6, 6.07) is 10.9. The van der Waals surface area contributed by atoms with E-state index in [1.165, 1.54) is 4.90 Å². The lowest BCUT2D eigenvalue weighted by atomic mass is 9.96. The molecule has 0 aliphatic carbocycles. The number of rotatable bonds is 5. The molecule has 1 aliphatic rings. The van der Waals surface area contributed by atoms with Gasteiger partial charge in [-0.1, -0.05) is 41.1 Å². The van der Waals surface area contributed by atoms with Gasteiger partial charge in [0.1, 0.15) is 16.2 Å². The summed E-state index contributed by atoms with van der Waals surface area (Å²) in [4.78, 5) is 49.7. The van der Waals surface area contributed by atoms with Gasteiger partial charge in [0.2, 0.25) is 0 Å². The molecule has 1 unspecified atom stereocenters. The average Bonchev–Trinajstić information content (AvgIpc) is 3.50. The van der Waals surface area contributed by atoms with Crippen LogP contribution >= 0.6 is 22.9 Å². The Morgan fingerprint density at radius 2 is 1.84 bits per heavy atom. The second kappa shape index (κ2) is 9.45. The number of amides is 1. The lowest BCUT2D eigenvalue weighted by molar-refractivity contribution is -0.132. The number of hydrogen-bond donors (Lipinski definition) is 1.